The minimum atomic E-state index is -3.90. The van der Waals surface area contributed by atoms with Crippen molar-refractivity contribution in [2.45, 2.75) is 29.9 Å². The summed E-state index contributed by atoms with van der Waals surface area (Å²) in [5.74, 6) is 0.00687. The smallest absolute Gasteiger partial charge is 0.312 e. The summed E-state index contributed by atoms with van der Waals surface area (Å²) >= 11 is 0. The molecule has 11 heteroatoms. The van der Waals surface area contributed by atoms with Gasteiger partial charge in [0.1, 0.15) is 0 Å². The average molecular weight is 396 g/mol. The zero-order valence-corrected chi connectivity index (χ0v) is 15.6. The highest BCUT2D eigenvalue weighted by Gasteiger charge is 2.37. The molecule has 0 aliphatic carbocycles. The number of piperidine rings is 1. The Morgan fingerprint density at radius 1 is 1.40 bits per heavy atom. The summed E-state index contributed by atoms with van der Waals surface area (Å²) in [7, 11) is -1.03. The number of rotatable bonds is 6. The van der Waals surface area contributed by atoms with Crippen molar-refractivity contribution in [1.29, 1.82) is 0 Å². The third-order valence-corrected chi connectivity index (χ3v) is 6.12. The second-order valence-corrected chi connectivity index (χ2v) is 7.37. The fourth-order valence-corrected chi connectivity index (χ4v) is 4.53. The molecule has 1 fully saturated rings. The molecule has 25 heavy (non-hydrogen) atoms. The summed E-state index contributed by atoms with van der Waals surface area (Å²) in [5, 5.41) is 11.1. The van der Waals surface area contributed by atoms with Crippen LogP contribution in [-0.4, -0.2) is 57.1 Å². The molecule has 0 radical (unpaired) electrons. The number of methoxy groups -OCH3 is 2. The lowest BCUT2D eigenvalue weighted by Gasteiger charge is -2.37. The molecule has 0 spiro atoms. The molecule has 0 saturated carbocycles. The van der Waals surface area contributed by atoms with Crippen molar-refractivity contribution in [2.75, 3.05) is 27.3 Å². The lowest BCUT2D eigenvalue weighted by molar-refractivity contribution is -0.386. The Labute approximate surface area is 152 Å². The van der Waals surface area contributed by atoms with Crippen LogP contribution in [0.1, 0.15) is 12.8 Å². The monoisotopic (exact) mass is 395 g/mol. The molecule has 2 atom stereocenters. The summed E-state index contributed by atoms with van der Waals surface area (Å²) in [5.41, 5.74) is 5.33. The zero-order valence-electron chi connectivity index (χ0n) is 14.0. The van der Waals surface area contributed by atoms with Gasteiger partial charge < -0.3 is 15.2 Å². The molecular formula is C14H22ClN3O6S. The summed E-state index contributed by atoms with van der Waals surface area (Å²) in [6.45, 7) is 0.403. The van der Waals surface area contributed by atoms with Crippen LogP contribution in [0.5, 0.6) is 5.75 Å². The van der Waals surface area contributed by atoms with E-state index >= 15 is 0 Å². The molecule has 2 rings (SSSR count). The molecule has 1 aliphatic heterocycles. The Morgan fingerprint density at radius 3 is 2.60 bits per heavy atom. The third-order valence-electron chi connectivity index (χ3n) is 4.17. The largest absolute Gasteiger partial charge is 0.490 e. The van der Waals surface area contributed by atoms with Crippen LogP contribution in [0.4, 0.5) is 5.69 Å². The molecule has 1 aliphatic rings. The molecule has 1 heterocycles. The van der Waals surface area contributed by atoms with Gasteiger partial charge in [-0.1, -0.05) is 0 Å². The van der Waals surface area contributed by atoms with Crippen molar-refractivity contribution in [3.05, 3.63) is 28.3 Å². The van der Waals surface area contributed by atoms with Crippen molar-refractivity contribution in [2.24, 2.45) is 5.73 Å². The normalized spacial score (nSPS) is 21.4. The molecule has 0 bridgehead atoms. The van der Waals surface area contributed by atoms with E-state index in [1.54, 1.807) is 7.11 Å². The van der Waals surface area contributed by atoms with E-state index in [1.807, 2.05) is 0 Å². The van der Waals surface area contributed by atoms with E-state index in [9.17, 15) is 18.5 Å². The highest BCUT2D eigenvalue weighted by atomic mass is 35.5. The van der Waals surface area contributed by atoms with Crippen molar-refractivity contribution in [3.63, 3.8) is 0 Å². The summed E-state index contributed by atoms with van der Waals surface area (Å²) in [4.78, 5) is 10.3. The van der Waals surface area contributed by atoms with E-state index in [-0.39, 0.29) is 42.2 Å². The highest BCUT2D eigenvalue weighted by Crippen LogP contribution is 2.32. The Bertz CT molecular complexity index is 715. The van der Waals surface area contributed by atoms with Gasteiger partial charge in [0.15, 0.2) is 5.75 Å². The lowest BCUT2D eigenvalue weighted by atomic mass is 10.0. The van der Waals surface area contributed by atoms with Crippen LogP contribution in [0.25, 0.3) is 0 Å². The van der Waals surface area contributed by atoms with Crippen LogP contribution >= 0.6 is 12.4 Å². The first kappa shape index (κ1) is 21.6. The molecular weight excluding hydrogens is 374 g/mol. The van der Waals surface area contributed by atoms with E-state index in [4.69, 9.17) is 15.2 Å². The number of hydrogen-bond donors (Lipinski definition) is 1. The second-order valence-electron chi connectivity index (χ2n) is 5.48. The number of nitro groups is 1. The number of nitro benzene ring substituents is 1. The number of hydrogen-bond acceptors (Lipinski definition) is 7. The molecule has 9 nitrogen and oxygen atoms in total. The Hall–Kier alpha value is -1.46. The van der Waals surface area contributed by atoms with Gasteiger partial charge in [0, 0.05) is 32.3 Å². The van der Waals surface area contributed by atoms with Gasteiger partial charge in [0.05, 0.1) is 23.0 Å². The fourth-order valence-electron chi connectivity index (χ4n) is 2.85. The Kier molecular flexibility index (Phi) is 7.57. The number of nitrogens with two attached hydrogens (primary N) is 1. The Morgan fingerprint density at radius 2 is 2.08 bits per heavy atom. The predicted molar refractivity (Wildman–Crippen MR) is 93.7 cm³/mol. The van der Waals surface area contributed by atoms with Crippen LogP contribution in [0.2, 0.25) is 0 Å². The van der Waals surface area contributed by atoms with E-state index in [0.717, 1.165) is 6.07 Å². The van der Waals surface area contributed by atoms with Crippen LogP contribution in [0.15, 0.2) is 23.1 Å². The predicted octanol–water partition coefficient (Wildman–Crippen LogP) is 1.15. The molecule has 1 aromatic rings. The molecule has 2 unspecified atom stereocenters. The van der Waals surface area contributed by atoms with Gasteiger partial charge in [-0.15, -0.1) is 12.4 Å². The van der Waals surface area contributed by atoms with Crippen LogP contribution in [0, 0.1) is 10.1 Å². The number of ether oxygens (including phenoxy) is 2. The first-order chi connectivity index (χ1) is 11.3. The molecule has 2 N–H and O–H groups in total. The molecule has 142 valence electrons. The summed E-state index contributed by atoms with van der Waals surface area (Å²) in [6, 6.07) is 3.20. The van der Waals surface area contributed by atoms with Gasteiger partial charge in [0.2, 0.25) is 10.0 Å². The maximum Gasteiger partial charge on any atom is 0.312 e. The van der Waals surface area contributed by atoms with Crippen molar-refractivity contribution < 1.29 is 22.8 Å². The van der Waals surface area contributed by atoms with Crippen LogP contribution in [-0.2, 0) is 14.8 Å². The van der Waals surface area contributed by atoms with Crippen LogP contribution in [0.3, 0.4) is 0 Å². The minimum absolute atomic E-state index is 0. The molecule has 0 amide bonds. The van der Waals surface area contributed by atoms with E-state index in [2.05, 4.69) is 0 Å². The van der Waals surface area contributed by atoms with Crippen molar-refractivity contribution in [1.82, 2.24) is 4.31 Å². The number of halogens is 1. The van der Waals surface area contributed by atoms with Gasteiger partial charge in [-0.25, -0.2) is 8.42 Å². The van der Waals surface area contributed by atoms with Gasteiger partial charge in [0.25, 0.3) is 0 Å². The van der Waals surface area contributed by atoms with E-state index < -0.39 is 26.7 Å². The van der Waals surface area contributed by atoms with Gasteiger partial charge in [-0.3, -0.25) is 10.1 Å². The van der Waals surface area contributed by atoms with Crippen LogP contribution < -0.4 is 10.5 Å². The van der Waals surface area contributed by atoms with Crippen molar-refractivity contribution >= 4 is 28.1 Å². The average Bonchev–Trinajstić information content (AvgIpc) is 2.60. The number of nitrogens with zero attached hydrogens (tertiary/aromatic N) is 2. The first-order valence-corrected chi connectivity index (χ1v) is 8.86. The van der Waals surface area contributed by atoms with Gasteiger partial charge in [-0.05, 0) is 25.0 Å². The van der Waals surface area contributed by atoms with Gasteiger partial charge in [-0.2, -0.15) is 4.31 Å². The van der Waals surface area contributed by atoms with Crippen molar-refractivity contribution in [3.8, 4) is 5.75 Å². The third kappa shape index (κ3) is 4.39. The van der Waals surface area contributed by atoms with Gasteiger partial charge >= 0.3 is 5.69 Å². The lowest BCUT2D eigenvalue weighted by Crippen LogP contribution is -2.51. The topological polar surface area (TPSA) is 125 Å². The molecule has 1 aromatic carbocycles. The maximum absolute atomic E-state index is 12.9. The summed E-state index contributed by atoms with van der Waals surface area (Å²) < 4.78 is 37.3. The minimum Gasteiger partial charge on any atom is -0.490 e. The maximum atomic E-state index is 12.9. The second kappa shape index (κ2) is 8.77. The SMILES string of the molecule is COc1ccc(S(=O)(=O)N2CCC(OC)CC2CN)cc1[N+](=O)[O-].Cl. The number of sulfonamides is 1. The molecule has 0 aromatic heterocycles. The first-order valence-electron chi connectivity index (χ1n) is 7.42. The summed E-state index contributed by atoms with van der Waals surface area (Å²) in [6.07, 6.45) is 0.991. The van der Waals surface area contributed by atoms with E-state index in [1.165, 1.54) is 23.5 Å². The standard InChI is InChI=1S/C14H21N3O6S.ClH/c1-22-11-5-6-16(10(7-11)9-15)24(20,21)12-3-4-14(23-2)13(8-12)17(18)19;/h3-4,8,10-11H,5-7,9,15H2,1-2H3;1H. The quantitative estimate of drug-likeness (QED) is 0.565. The number of benzene rings is 1. The Balaban J connectivity index is 0.00000312. The van der Waals surface area contributed by atoms with E-state index in [0.29, 0.717) is 12.8 Å². The fraction of sp³-hybridized carbons (Fsp3) is 0.571. The molecule has 1 saturated heterocycles. The zero-order chi connectivity index (χ0) is 17.9. The highest BCUT2D eigenvalue weighted by molar-refractivity contribution is 7.89.